The molecule has 78 valence electrons. The number of hydrogen-bond donors (Lipinski definition) is 1. The minimum absolute atomic E-state index is 0.168. The monoisotopic (exact) mass is 196 g/mol. The van der Waals surface area contributed by atoms with Crippen LogP contribution >= 0.6 is 0 Å². The molecular weight excluding hydrogens is 180 g/mol. The van der Waals surface area contributed by atoms with Gasteiger partial charge in [-0.15, -0.1) is 0 Å². The van der Waals surface area contributed by atoms with Crippen molar-refractivity contribution in [3.63, 3.8) is 0 Å². The van der Waals surface area contributed by atoms with Gasteiger partial charge in [0.05, 0.1) is 19.1 Å². The Hall–Kier alpha value is -0.610. The Morgan fingerprint density at radius 3 is 2.36 bits per heavy atom. The van der Waals surface area contributed by atoms with Gasteiger partial charge in [0.2, 0.25) is 5.91 Å². The highest BCUT2D eigenvalue weighted by atomic mass is 16.5. The molecule has 4 heteroatoms. The molecule has 3 rings (SSSR count). The summed E-state index contributed by atoms with van der Waals surface area (Å²) in [5.74, 6) is 1.91. The zero-order chi connectivity index (χ0) is 9.54. The molecule has 14 heavy (non-hydrogen) atoms. The minimum Gasteiger partial charge on any atom is -0.380 e. The molecule has 0 bridgehead atoms. The van der Waals surface area contributed by atoms with Crippen LogP contribution < -0.4 is 5.32 Å². The molecule has 0 aromatic rings. The van der Waals surface area contributed by atoms with E-state index in [2.05, 4.69) is 5.32 Å². The Morgan fingerprint density at radius 1 is 1.21 bits per heavy atom. The first-order valence-electron chi connectivity index (χ1n) is 5.42. The summed E-state index contributed by atoms with van der Waals surface area (Å²) in [5, 5.41) is 3.38. The van der Waals surface area contributed by atoms with Crippen molar-refractivity contribution in [2.75, 3.05) is 39.4 Å². The lowest BCUT2D eigenvalue weighted by molar-refractivity contribution is -0.149. The number of rotatable bonds is 1. The van der Waals surface area contributed by atoms with Crippen LogP contribution in [0.4, 0.5) is 0 Å². The van der Waals surface area contributed by atoms with Crippen LogP contribution in [0, 0.1) is 17.8 Å². The van der Waals surface area contributed by atoms with Gasteiger partial charge in [-0.05, 0) is 11.8 Å². The molecule has 3 fully saturated rings. The Bertz CT molecular complexity index is 241. The molecule has 2 unspecified atom stereocenters. The number of carbonyl (C=O) groups excluding carboxylic acids is 1. The summed E-state index contributed by atoms with van der Waals surface area (Å²) in [7, 11) is 0. The van der Waals surface area contributed by atoms with Crippen LogP contribution in [0.2, 0.25) is 0 Å². The topological polar surface area (TPSA) is 41.6 Å². The summed E-state index contributed by atoms with van der Waals surface area (Å²) in [6, 6.07) is 0. The highest BCUT2D eigenvalue weighted by molar-refractivity contribution is 5.80. The van der Waals surface area contributed by atoms with Gasteiger partial charge in [-0.25, -0.2) is 0 Å². The molecule has 3 heterocycles. The zero-order valence-electron chi connectivity index (χ0n) is 8.24. The molecule has 3 saturated heterocycles. The average molecular weight is 196 g/mol. The number of nitrogens with zero attached hydrogens (tertiary/aromatic N) is 1. The van der Waals surface area contributed by atoms with Crippen LogP contribution in [0.15, 0.2) is 0 Å². The van der Waals surface area contributed by atoms with Gasteiger partial charge < -0.3 is 15.0 Å². The largest absolute Gasteiger partial charge is 0.380 e. The third-order valence-electron chi connectivity index (χ3n) is 3.69. The van der Waals surface area contributed by atoms with Gasteiger partial charge in [-0.1, -0.05) is 0 Å². The molecule has 4 nitrogen and oxygen atoms in total. The quantitative estimate of drug-likeness (QED) is 0.603. The Labute approximate surface area is 83.6 Å². The lowest BCUT2D eigenvalue weighted by Gasteiger charge is -2.29. The van der Waals surface area contributed by atoms with Crippen molar-refractivity contribution in [3.05, 3.63) is 0 Å². The van der Waals surface area contributed by atoms with Crippen LogP contribution in [-0.4, -0.2) is 50.2 Å². The van der Waals surface area contributed by atoms with E-state index in [1.54, 1.807) is 0 Å². The summed E-state index contributed by atoms with van der Waals surface area (Å²) >= 11 is 0. The number of amides is 1. The molecule has 0 radical (unpaired) electrons. The number of hydrogen-bond acceptors (Lipinski definition) is 3. The molecular formula is C10H16N2O2. The van der Waals surface area contributed by atoms with Crippen molar-refractivity contribution in [1.82, 2.24) is 10.2 Å². The van der Waals surface area contributed by atoms with Gasteiger partial charge >= 0.3 is 0 Å². The molecule has 0 aromatic carbocycles. The Morgan fingerprint density at radius 2 is 1.86 bits per heavy atom. The van der Waals surface area contributed by atoms with Crippen LogP contribution in [0.3, 0.4) is 0 Å². The molecule has 3 aliphatic heterocycles. The Kier molecular flexibility index (Phi) is 1.99. The van der Waals surface area contributed by atoms with Crippen molar-refractivity contribution in [1.29, 1.82) is 0 Å². The fourth-order valence-corrected chi connectivity index (χ4v) is 2.67. The smallest absolute Gasteiger partial charge is 0.230 e. The van der Waals surface area contributed by atoms with Crippen molar-refractivity contribution < 1.29 is 9.53 Å². The number of fused-ring (bicyclic) bond motifs is 1. The van der Waals surface area contributed by atoms with E-state index in [-0.39, 0.29) is 5.92 Å². The van der Waals surface area contributed by atoms with Gasteiger partial charge in [-0.2, -0.15) is 0 Å². The molecule has 0 aliphatic carbocycles. The van der Waals surface area contributed by atoms with Gasteiger partial charge in [0.1, 0.15) is 0 Å². The van der Waals surface area contributed by atoms with E-state index < -0.39 is 0 Å². The minimum atomic E-state index is 0.168. The first kappa shape index (κ1) is 8.68. The van der Waals surface area contributed by atoms with Gasteiger partial charge in [0.15, 0.2) is 0 Å². The maximum atomic E-state index is 11.9. The third-order valence-corrected chi connectivity index (χ3v) is 3.69. The molecule has 1 amide bonds. The molecule has 0 aromatic heterocycles. The average Bonchev–Trinajstić information content (AvgIpc) is 2.56. The lowest BCUT2D eigenvalue weighted by Crippen LogP contribution is -2.44. The van der Waals surface area contributed by atoms with E-state index in [9.17, 15) is 4.79 Å². The summed E-state index contributed by atoms with van der Waals surface area (Å²) in [5.41, 5.74) is 0. The van der Waals surface area contributed by atoms with Crippen LogP contribution in [0.5, 0.6) is 0 Å². The standard InChI is InChI=1S/C10H16N2O2/c13-10(9-5-14-6-9)12-3-7-1-11-2-8(7)4-12/h7-9,11H,1-6H2. The third kappa shape index (κ3) is 1.25. The summed E-state index contributed by atoms with van der Waals surface area (Å²) in [4.78, 5) is 13.9. The highest BCUT2D eigenvalue weighted by Gasteiger charge is 2.41. The van der Waals surface area contributed by atoms with E-state index in [1.165, 1.54) is 0 Å². The Balaban J connectivity index is 1.61. The molecule has 3 aliphatic rings. The van der Waals surface area contributed by atoms with Crippen molar-refractivity contribution in [3.8, 4) is 0 Å². The van der Waals surface area contributed by atoms with E-state index in [4.69, 9.17) is 4.74 Å². The van der Waals surface area contributed by atoms with Crippen molar-refractivity contribution >= 4 is 5.91 Å². The number of likely N-dealkylation sites (tertiary alicyclic amines) is 1. The summed E-state index contributed by atoms with van der Waals surface area (Å²) in [6.07, 6.45) is 0. The van der Waals surface area contributed by atoms with Crippen molar-refractivity contribution in [2.24, 2.45) is 17.8 Å². The lowest BCUT2D eigenvalue weighted by atomic mass is 10.0. The van der Waals surface area contributed by atoms with Gasteiger partial charge in [0.25, 0.3) is 0 Å². The number of ether oxygens (including phenoxy) is 1. The predicted molar refractivity (Wildman–Crippen MR) is 50.7 cm³/mol. The predicted octanol–water partition coefficient (Wildman–Crippen LogP) is -0.689. The SMILES string of the molecule is O=C(C1COC1)N1CC2CNCC2C1. The second-order valence-corrected chi connectivity index (χ2v) is 4.66. The highest BCUT2D eigenvalue weighted by Crippen LogP contribution is 2.28. The normalized spacial score (nSPS) is 37.0. The van der Waals surface area contributed by atoms with Gasteiger partial charge in [0, 0.05) is 26.2 Å². The van der Waals surface area contributed by atoms with Crippen LogP contribution in [-0.2, 0) is 9.53 Å². The summed E-state index contributed by atoms with van der Waals surface area (Å²) < 4.78 is 5.05. The fraction of sp³-hybridized carbons (Fsp3) is 0.900. The van der Waals surface area contributed by atoms with E-state index in [1.807, 2.05) is 4.90 Å². The van der Waals surface area contributed by atoms with E-state index in [0.29, 0.717) is 31.0 Å². The maximum Gasteiger partial charge on any atom is 0.230 e. The van der Waals surface area contributed by atoms with E-state index >= 15 is 0 Å². The first-order valence-corrected chi connectivity index (χ1v) is 5.42. The van der Waals surface area contributed by atoms with Crippen LogP contribution in [0.25, 0.3) is 0 Å². The molecule has 0 saturated carbocycles. The zero-order valence-corrected chi connectivity index (χ0v) is 8.24. The maximum absolute atomic E-state index is 11.9. The summed E-state index contributed by atoms with van der Waals surface area (Å²) in [6.45, 7) is 5.40. The fourth-order valence-electron chi connectivity index (χ4n) is 2.67. The molecule has 1 N–H and O–H groups in total. The number of carbonyl (C=O) groups is 1. The second kappa shape index (κ2) is 3.21. The molecule has 2 atom stereocenters. The second-order valence-electron chi connectivity index (χ2n) is 4.66. The van der Waals surface area contributed by atoms with Crippen LogP contribution in [0.1, 0.15) is 0 Å². The van der Waals surface area contributed by atoms with Gasteiger partial charge in [-0.3, -0.25) is 4.79 Å². The van der Waals surface area contributed by atoms with Crippen molar-refractivity contribution in [2.45, 2.75) is 0 Å². The van der Waals surface area contributed by atoms with E-state index in [0.717, 1.165) is 26.2 Å². The number of nitrogens with one attached hydrogen (secondary N) is 1. The molecule has 0 spiro atoms. The first-order chi connectivity index (χ1) is 6.84.